The average molecular weight is 421 g/mol. The van der Waals surface area contributed by atoms with E-state index in [0.717, 1.165) is 70.6 Å². The van der Waals surface area contributed by atoms with Gasteiger partial charge < -0.3 is 20.3 Å². The van der Waals surface area contributed by atoms with Gasteiger partial charge in [0.2, 0.25) is 0 Å². The Bertz CT molecular complexity index is 664. The maximum absolute atomic E-state index is 13.5. The molecule has 2 aliphatic heterocycles. The number of hydrogen-bond donors (Lipinski definition) is 2. The molecule has 2 N–H and O–H groups in total. The fourth-order valence-electron chi connectivity index (χ4n) is 4.06. The minimum absolute atomic E-state index is 0.105. The van der Waals surface area contributed by atoms with Crippen molar-refractivity contribution < 1.29 is 9.13 Å². The third-order valence-electron chi connectivity index (χ3n) is 5.99. The Hall–Kier alpha value is -1.74. The van der Waals surface area contributed by atoms with E-state index < -0.39 is 0 Å². The average Bonchev–Trinajstić information content (AvgIpc) is 2.76. The van der Waals surface area contributed by atoms with Crippen molar-refractivity contribution in [3.05, 3.63) is 35.6 Å². The van der Waals surface area contributed by atoms with E-state index in [1.165, 1.54) is 12.1 Å². The molecule has 0 saturated carbocycles. The van der Waals surface area contributed by atoms with Crippen LogP contribution in [0.4, 0.5) is 4.39 Å². The molecule has 8 heteroatoms. The second kappa shape index (κ2) is 11.6. The number of rotatable bonds is 7. The molecule has 0 spiro atoms. The normalized spacial score (nSPS) is 23.3. The van der Waals surface area contributed by atoms with Gasteiger partial charge in [0.15, 0.2) is 5.96 Å². The van der Waals surface area contributed by atoms with Crippen molar-refractivity contribution in [2.75, 3.05) is 79.7 Å². The van der Waals surface area contributed by atoms with Gasteiger partial charge in [0.25, 0.3) is 0 Å². The lowest BCUT2D eigenvalue weighted by atomic mass is 10.0. The molecule has 0 aromatic heterocycles. The molecule has 0 radical (unpaired) electrons. The highest BCUT2D eigenvalue weighted by molar-refractivity contribution is 5.79. The molecule has 0 aliphatic carbocycles. The Morgan fingerprint density at radius 2 is 1.87 bits per heavy atom. The molecule has 168 valence electrons. The van der Waals surface area contributed by atoms with Crippen molar-refractivity contribution in [3.63, 3.8) is 0 Å². The summed E-state index contributed by atoms with van der Waals surface area (Å²) in [6.07, 6.45) is 0. The van der Waals surface area contributed by atoms with Crippen LogP contribution in [0.15, 0.2) is 29.3 Å². The van der Waals surface area contributed by atoms with Crippen LogP contribution in [0, 0.1) is 5.82 Å². The van der Waals surface area contributed by atoms with Crippen molar-refractivity contribution in [2.24, 2.45) is 4.99 Å². The zero-order chi connectivity index (χ0) is 21.3. The van der Waals surface area contributed by atoms with Crippen LogP contribution < -0.4 is 10.6 Å². The molecule has 7 nitrogen and oxygen atoms in total. The van der Waals surface area contributed by atoms with Crippen LogP contribution >= 0.6 is 0 Å². The molecule has 2 heterocycles. The van der Waals surface area contributed by atoms with Gasteiger partial charge in [-0.3, -0.25) is 14.8 Å². The third kappa shape index (κ3) is 6.63. The fourth-order valence-corrected chi connectivity index (χ4v) is 4.06. The number of nitrogens with one attached hydrogen (secondary N) is 2. The lowest BCUT2D eigenvalue weighted by Gasteiger charge is -2.38. The Balaban J connectivity index is 1.67. The van der Waals surface area contributed by atoms with E-state index in [2.05, 4.69) is 46.4 Å². The summed E-state index contributed by atoms with van der Waals surface area (Å²) in [5, 5.41) is 6.90. The topological polar surface area (TPSA) is 55.4 Å². The van der Waals surface area contributed by atoms with Crippen molar-refractivity contribution >= 4 is 5.96 Å². The first kappa shape index (κ1) is 22.9. The maximum atomic E-state index is 13.5. The summed E-state index contributed by atoms with van der Waals surface area (Å²) in [6, 6.07) is 7.38. The molecular formula is C22H37FN6O. The van der Waals surface area contributed by atoms with E-state index in [0.29, 0.717) is 12.6 Å². The van der Waals surface area contributed by atoms with Crippen LogP contribution in [0.3, 0.4) is 0 Å². The number of piperazine rings is 1. The molecule has 2 unspecified atom stereocenters. The van der Waals surface area contributed by atoms with Gasteiger partial charge in [-0.2, -0.15) is 0 Å². The predicted octanol–water partition coefficient (Wildman–Crippen LogP) is 1.000. The quantitative estimate of drug-likeness (QED) is 0.507. The summed E-state index contributed by atoms with van der Waals surface area (Å²) in [6.45, 7) is 10.8. The smallest absolute Gasteiger partial charge is 0.191 e. The van der Waals surface area contributed by atoms with E-state index in [9.17, 15) is 4.39 Å². The number of likely N-dealkylation sites (N-methyl/N-ethyl adjacent to an activating group) is 2. The van der Waals surface area contributed by atoms with Gasteiger partial charge in [-0.15, -0.1) is 0 Å². The molecule has 0 bridgehead atoms. The second-order valence-corrected chi connectivity index (χ2v) is 8.21. The molecule has 2 atom stereocenters. The summed E-state index contributed by atoms with van der Waals surface area (Å²) in [7, 11) is 4.36. The van der Waals surface area contributed by atoms with Crippen LogP contribution in [0.25, 0.3) is 0 Å². The highest BCUT2D eigenvalue weighted by atomic mass is 19.1. The largest absolute Gasteiger partial charge is 0.379 e. The molecule has 2 aliphatic rings. The van der Waals surface area contributed by atoms with Crippen molar-refractivity contribution in [2.45, 2.75) is 19.0 Å². The van der Waals surface area contributed by atoms with E-state index in [1.54, 1.807) is 0 Å². The van der Waals surface area contributed by atoms with E-state index >= 15 is 0 Å². The number of benzene rings is 1. The summed E-state index contributed by atoms with van der Waals surface area (Å²) in [4.78, 5) is 12.1. The highest BCUT2D eigenvalue weighted by Crippen LogP contribution is 2.22. The standard InChI is InChI=1S/C22H37FN6O/c1-4-24-22(25-15-20-17-27(2)9-10-28(20)3)26-16-21(29-11-13-30-14-12-29)18-5-7-19(23)8-6-18/h5-8,20-21H,4,9-17H2,1-3H3,(H2,24,25,26). The fraction of sp³-hybridized carbons (Fsp3) is 0.682. The third-order valence-corrected chi connectivity index (χ3v) is 5.99. The van der Waals surface area contributed by atoms with Gasteiger partial charge in [-0.25, -0.2) is 4.39 Å². The number of morpholine rings is 1. The number of aliphatic imine (C=N–C) groups is 1. The van der Waals surface area contributed by atoms with Gasteiger partial charge in [0.1, 0.15) is 5.82 Å². The number of halogens is 1. The summed E-state index contributed by atoms with van der Waals surface area (Å²) >= 11 is 0. The monoisotopic (exact) mass is 420 g/mol. The Morgan fingerprint density at radius 3 is 2.57 bits per heavy atom. The zero-order valence-corrected chi connectivity index (χ0v) is 18.6. The number of hydrogen-bond acceptors (Lipinski definition) is 5. The molecule has 2 fully saturated rings. The summed E-state index contributed by atoms with van der Waals surface area (Å²) in [5.41, 5.74) is 1.09. The highest BCUT2D eigenvalue weighted by Gasteiger charge is 2.24. The molecule has 2 saturated heterocycles. The van der Waals surface area contributed by atoms with E-state index in [4.69, 9.17) is 9.73 Å². The Labute approximate surface area is 180 Å². The molecular weight excluding hydrogens is 383 g/mol. The van der Waals surface area contributed by atoms with Crippen LogP contribution in [-0.4, -0.2) is 106 Å². The lowest BCUT2D eigenvalue weighted by molar-refractivity contribution is 0.0179. The van der Waals surface area contributed by atoms with Gasteiger partial charge >= 0.3 is 0 Å². The lowest BCUT2D eigenvalue weighted by Crippen LogP contribution is -2.55. The van der Waals surface area contributed by atoms with Crippen LogP contribution in [-0.2, 0) is 4.74 Å². The van der Waals surface area contributed by atoms with Crippen LogP contribution in [0.5, 0.6) is 0 Å². The van der Waals surface area contributed by atoms with Gasteiger partial charge in [0.05, 0.1) is 25.8 Å². The Kier molecular flexibility index (Phi) is 8.87. The van der Waals surface area contributed by atoms with Crippen molar-refractivity contribution in [1.82, 2.24) is 25.3 Å². The van der Waals surface area contributed by atoms with Crippen molar-refractivity contribution in [1.29, 1.82) is 0 Å². The van der Waals surface area contributed by atoms with Crippen molar-refractivity contribution in [3.8, 4) is 0 Å². The first-order valence-corrected chi connectivity index (χ1v) is 11.0. The molecule has 0 amide bonds. The first-order chi connectivity index (χ1) is 14.6. The minimum Gasteiger partial charge on any atom is -0.379 e. The van der Waals surface area contributed by atoms with Gasteiger partial charge in [0, 0.05) is 51.9 Å². The maximum Gasteiger partial charge on any atom is 0.191 e. The van der Waals surface area contributed by atoms with Gasteiger partial charge in [-0.1, -0.05) is 12.1 Å². The number of guanidine groups is 1. The molecule has 1 aromatic rings. The molecule has 1 aromatic carbocycles. The minimum atomic E-state index is -0.209. The SMILES string of the molecule is CCNC(=NCC(c1ccc(F)cc1)N1CCOCC1)NCC1CN(C)CCN1C. The van der Waals surface area contributed by atoms with Crippen LogP contribution in [0.1, 0.15) is 18.5 Å². The first-order valence-electron chi connectivity index (χ1n) is 11.0. The Morgan fingerprint density at radius 1 is 1.13 bits per heavy atom. The van der Waals surface area contributed by atoms with Gasteiger partial charge in [-0.05, 0) is 38.7 Å². The summed E-state index contributed by atoms with van der Waals surface area (Å²) < 4.78 is 19.0. The van der Waals surface area contributed by atoms with Crippen LogP contribution in [0.2, 0.25) is 0 Å². The zero-order valence-electron chi connectivity index (χ0n) is 18.6. The molecule has 30 heavy (non-hydrogen) atoms. The van der Waals surface area contributed by atoms with E-state index in [1.807, 2.05) is 12.1 Å². The summed E-state index contributed by atoms with van der Waals surface area (Å²) in [5.74, 6) is 0.624. The predicted molar refractivity (Wildman–Crippen MR) is 119 cm³/mol. The molecule has 3 rings (SSSR count). The number of nitrogens with zero attached hydrogens (tertiary/aromatic N) is 4. The second-order valence-electron chi connectivity index (χ2n) is 8.21. The number of ether oxygens (including phenoxy) is 1. The van der Waals surface area contributed by atoms with E-state index in [-0.39, 0.29) is 11.9 Å².